The lowest BCUT2D eigenvalue weighted by Crippen LogP contribution is -2.27. The van der Waals surface area contributed by atoms with Gasteiger partial charge in [0.05, 0.1) is 28.7 Å². The van der Waals surface area contributed by atoms with Gasteiger partial charge in [-0.05, 0) is 36.6 Å². The van der Waals surface area contributed by atoms with Crippen LogP contribution in [0.2, 0.25) is 5.02 Å². The third kappa shape index (κ3) is 6.48. The van der Waals surface area contributed by atoms with Crippen LogP contribution in [-0.2, 0) is 34.3 Å². The van der Waals surface area contributed by atoms with Crippen molar-refractivity contribution in [3.63, 3.8) is 0 Å². The molecule has 2 N–H and O–H groups in total. The first-order chi connectivity index (χ1) is 19.7. The van der Waals surface area contributed by atoms with Crippen LogP contribution in [0.1, 0.15) is 52.7 Å². The van der Waals surface area contributed by atoms with Crippen LogP contribution in [0.5, 0.6) is 0 Å². The fourth-order valence-corrected chi connectivity index (χ4v) is 5.21. The fourth-order valence-electron chi connectivity index (χ4n) is 4.97. The van der Waals surface area contributed by atoms with E-state index in [0.717, 1.165) is 29.8 Å². The fraction of sp³-hybridized carbons (Fsp3) is 0.310. The normalized spacial score (nSPS) is 15.4. The number of hydrogen-bond acceptors (Lipinski definition) is 7. The maximum absolute atomic E-state index is 15.0. The number of aryl methyl sites for hydroxylation is 2. The van der Waals surface area contributed by atoms with Crippen LogP contribution >= 0.6 is 11.6 Å². The zero-order valence-corrected chi connectivity index (χ0v) is 23.0. The molecule has 0 bridgehead atoms. The number of amides is 1. The Bertz CT molecular complexity index is 1620. The standard InChI is InChI=1S/C29H28ClFN4O6/c1-34-15-21(20-5-2-3-6-26(20)34)29(39)32-24-14-23(31)17(12-22(24)30)11-18(36)16-40-35-10-4-7-27(35)25-13-19(41-33-25)8-9-28(37)38/h2-3,5-6,12-15,27H,4,7-11,16H2,1H3,(H,32,39)(H,37,38)/t27-/m0/s1. The lowest BCUT2D eigenvalue weighted by Gasteiger charge is -2.21. The number of benzene rings is 2. The number of halogens is 2. The van der Waals surface area contributed by atoms with Gasteiger partial charge >= 0.3 is 5.97 Å². The molecule has 3 heterocycles. The average molecular weight is 583 g/mol. The number of anilines is 1. The molecule has 1 atom stereocenters. The Labute approximate surface area is 239 Å². The highest BCUT2D eigenvalue weighted by Crippen LogP contribution is 2.32. The van der Waals surface area contributed by atoms with Gasteiger partial charge in [0, 0.05) is 49.6 Å². The second-order valence-corrected chi connectivity index (χ2v) is 10.4. The van der Waals surface area contributed by atoms with E-state index in [9.17, 15) is 18.8 Å². The Morgan fingerprint density at radius 2 is 2.05 bits per heavy atom. The summed E-state index contributed by atoms with van der Waals surface area (Å²) >= 11 is 6.36. The van der Waals surface area contributed by atoms with Crippen LogP contribution in [0.15, 0.2) is 53.2 Å². The van der Waals surface area contributed by atoms with E-state index >= 15 is 0 Å². The number of aromatic nitrogens is 2. The third-order valence-corrected chi connectivity index (χ3v) is 7.33. The van der Waals surface area contributed by atoms with Crippen LogP contribution in [0.25, 0.3) is 10.9 Å². The molecule has 1 saturated heterocycles. The van der Waals surface area contributed by atoms with E-state index in [2.05, 4.69) is 10.5 Å². The minimum Gasteiger partial charge on any atom is -0.481 e. The van der Waals surface area contributed by atoms with Gasteiger partial charge in [-0.1, -0.05) is 35.0 Å². The van der Waals surface area contributed by atoms with Crippen molar-refractivity contribution >= 4 is 45.9 Å². The molecule has 1 amide bonds. The van der Waals surface area contributed by atoms with E-state index in [0.29, 0.717) is 23.6 Å². The number of para-hydroxylation sites is 1. The number of aliphatic carboxylic acids is 1. The summed E-state index contributed by atoms with van der Waals surface area (Å²) < 4.78 is 22.0. The largest absolute Gasteiger partial charge is 0.481 e. The van der Waals surface area contributed by atoms with Crippen molar-refractivity contribution < 1.29 is 33.2 Å². The van der Waals surface area contributed by atoms with Crippen molar-refractivity contribution in [3.8, 4) is 0 Å². The van der Waals surface area contributed by atoms with Crippen LogP contribution in [0.4, 0.5) is 10.1 Å². The number of rotatable bonds is 11. The summed E-state index contributed by atoms with van der Waals surface area (Å²) in [6.45, 7) is 0.289. The molecule has 4 aromatic rings. The predicted molar refractivity (Wildman–Crippen MR) is 148 cm³/mol. The molecule has 0 saturated carbocycles. The van der Waals surface area contributed by atoms with Gasteiger partial charge in [-0.2, -0.15) is 5.06 Å². The molecule has 5 rings (SSSR count). The number of hydroxylamine groups is 2. The lowest BCUT2D eigenvalue weighted by molar-refractivity contribution is -0.177. The Morgan fingerprint density at radius 1 is 1.24 bits per heavy atom. The number of nitrogens with one attached hydrogen (secondary N) is 1. The van der Waals surface area contributed by atoms with Crippen LogP contribution in [0.3, 0.4) is 0 Å². The molecule has 1 aliphatic heterocycles. The van der Waals surface area contributed by atoms with Crippen molar-refractivity contribution in [3.05, 3.63) is 82.1 Å². The minimum absolute atomic E-state index is 0.0633. The topological polar surface area (TPSA) is 127 Å². The number of carbonyl (C=O) groups is 3. The molecule has 1 fully saturated rings. The number of carboxylic acids is 1. The maximum atomic E-state index is 15.0. The van der Waals surface area contributed by atoms with Gasteiger partial charge in [0.2, 0.25) is 0 Å². The summed E-state index contributed by atoms with van der Waals surface area (Å²) in [5.74, 6) is -1.92. The van der Waals surface area contributed by atoms with Gasteiger partial charge in [0.1, 0.15) is 23.9 Å². The highest BCUT2D eigenvalue weighted by atomic mass is 35.5. The molecule has 0 unspecified atom stereocenters. The minimum atomic E-state index is -0.926. The van der Waals surface area contributed by atoms with E-state index in [1.165, 1.54) is 6.07 Å². The molecule has 0 aliphatic carbocycles. The first kappa shape index (κ1) is 28.5. The molecule has 0 radical (unpaired) electrons. The van der Waals surface area contributed by atoms with Gasteiger partial charge in [-0.25, -0.2) is 4.39 Å². The van der Waals surface area contributed by atoms with E-state index in [4.69, 9.17) is 26.1 Å². The van der Waals surface area contributed by atoms with E-state index < -0.39 is 17.7 Å². The number of nitrogens with zero attached hydrogens (tertiary/aromatic N) is 3. The molecule has 2 aromatic heterocycles. The number of carbonyl (C=O) groups excluding carboxylic acids is 2. The second kappa shape index (κ2) is 12.2. The first-order valence-electron chi connectivity index (χ1n) is 13.1. The zero-order chi connectivity index (χ0) is 29.1. The summed E-state index contributed by atoms with van der Waals surface area (Å²) in [6.07, 6.45) is 3.16. The second-order valence-electron chi connectivity index (χ2n) is 9.95. The zero-order valence-electron chi connectivity index (χ0n) is 22.2. The number of hydrogen-bond donors (Lipinski definition) is 2. The molecule has 0 spiro atoms. The Hall–Kier alpha value is -4.06. The highest BCUT2D eigenvalue weighted by Gasteiger charge is 2.30. The SMILES string of the molecule is Cn1cc(C(=O)Nc2cc(F)c(CC(=O)CON3CCC[C@H]3c3cc(CCC(=O)O)on3)cc2Cl)c2ccccc21. The summed E-state index contributed by atoms with van der Waals surface area (Å²) in [6, 6.07) is 11.4. The summed E-state index contributed by atoms with van der Waals surface area (Å²) in [7, 11) is 1.83. The van der Waals surface area contributed by atoms with E-state index in [-0.39, 0.29) is 54.0 Å². The quantitative estimate of drug-likeness (QED) is 0.250. The van der Waals surface area contributed by atoms with Gasteiger partial charge in [-0.15, -0.1) is 0 Å². The smallest absolute Gasteiger partial charge is 0.303 e. The Kier molecular flexibility index (Phi) is 8.48. The molecule has 12 heteroatoms. The van der Waals surface area contributed by atoms with Crippen molar-refractivity contribution in [1.82, 2.24) is 14.8 Å². The van der Waals surface area contributed by atoms with Crippen LogP contribution in [-0.4, -0.2) is 50.7 Å². The molecule has 214 valence electrons. The average Bonchev–Trinajstić information content (AvgIpc) is 3.68. The molecule has 1 aliphatic rings. The van der Waals surface area contributed by atoms with Crippen molar-refractivity contribution in [2.45, 2.75) is 38.1 Å². The van der Waals surface area contributed by atoms with Gasteiger partial charge in [0.25, 0.3) is 5.91 Å². The summed E-state index contributed by atoms with van der Waals surface area (Å²) in [4.78, 5) is 42.2. The summed E-state index contributed by atoms with van der Waals surface area (Å²) in [5, 5.41) is 18.1. The molecule has 10 nitrogen and oxygen atoms in total. The third-order valence-electron chi connectivity index (χ3n) is 7.01. The first-order valence-corrected chi connectivity index (χ1v) is 13.5. The monoisotopic (exact) mass is 582 g/mol. The molecular weight excluding hydrogens is 555 g/mol. The Morgan fingerprint density at radius 3 is 2.85 bits per heavy atom. The van der Waals surface area contributed by atoms with Crippen LogP contribution in [0, 0.1) is 5.82 Å². The number of ketones is 1. The van der Waals surface area contributed by atoms with Gasteiger partial charge in [0.15, 0.2) is 5.78 Å². The Balaban J connectivity index is 1.18. The van der Waals surface area contributed by atoms with Crippen molar-refractivity contribution in [2.24, 2.45) is 7.05 Å². The number of fused-ring (bicyclic) bond motifs is 1. The summed E-state index contributed by atoms with van der Waals surface area (Å²) in [5.41, 5.74) is 2.11. The van der Waals surface area contributed by atoms with Gasteiger partial charge in [-0.3, -0.25) is 19.2 Å². The molecule has 2 aromatic carbocycles. The van der Waals surface area contributed by atoms with E-state index in [1.807, 2.05) is 35.9 Å². The van der Waals surface area contributed by atoms with Crippen molar-refractivity contribution in [1.29, 1.82) is 0 Å². The van der Waals surface area contributed by atoms with Crippen molar-refractivity contribution in [2.75, 3.05) is 18.5 Å². The van der Waals surface area contributed by atoms with Crippen LogP contribution < -0.4 is 5.32 Å². The predicted octanol–water partition coefficient (Wildman–Crippen LogP) is 5.11. The number of Topliss-reactive ketones (excluding diaryl/α,β-unsaturated/α-hetero) is 1. The molecule has 41 heavy (non-hydrogen) atoms. The maximum Gasteiger partial charge on any atom is 0.303 e. The van der Waals surface area contributed by atoms with Gasteiger partial charge < -0.3 is 19.5 Å². The lowest BCUT2D eigenvalue weighted by atomic mass is 10.1. The van der Waals surface area contributed by atoms with E-state index in [1.54, 1.807) is 17.3 Å². The molecular formula is C29H28ClFN4O6. The number of carboxylic acid groups (broad SMARTS) is 1. The highest BCUT2D eigenvalue weighted by molar-refractivity contribution is 6.34.